The van der Waals surface area contributed by atoms with E-state index in [9.17, 15) is 9.50 Å². The van der Waals surface area contributed by atoms with Gasteiger partial charge in [0.05, 0.1) is 17.3 Å². The van der Waals surface area contributed by atoms with Gasteiger partial charge in [-0.25, -0.2) is 14.4 Å². The number of aromatic nitrogens is 1. The van der Waals surface area contributed by atoms with Crippen molar-refractivity contribution in [2.75, 3.05) is 0 Å². The van der Waals surface area contributed by atoms with Crippen molar-refractivity contribution in [1.82, 2.24) is 9.99 Å². The number of phenols is 1. The standard InChI is InChI=1S/C19H14ClFN4OS/c20-18-14(8-11-7-12(21)3-6-15(11)23-18)17-9-16(24-25(17)19(22)27)10-1-4-13(26)5-2-10/h1-8,17,26H,9H2,(H2,22,27). The molecule has 0 saturated carbocycles. The van der Waals surface area contributed by atoms with Crippen molar-refractivity contribution in [1.29, 1.82) is 0 Å². The number of hydrogen-bond donors (Lipinski definition) is 2. The molecule has 2 aromatic carbocycles. The zero-order valence-electron chi connectivity index (χ0n) is 13.9. The van der Waals surface area contributed by atoms with Crippen LogP contribution in [0, 0.1) is 5.82 Å². The first-order chi connectivity index (χ1) is 12.9. The van der Waals surface area contributed by atoms with Gasteiger partial charge in [-0.3, -0.25) is 0 Å². The maximum absolute atomic E-state index is 13.6. The smallest absolute Gasteiger partial charge is 0.187 e. The van der Waals surface area contributed by atoms with Gasteiger partial charge in [0.2, 0.25) is 0 Å². The molecular weight excluding hydrogens is 387 g/mol. The fourth-order valence-corrected chi connectivity index (χ4v) is 3.60. The zero-order valence-corrected chi connectivity index (χ0v) is 15.5. The minimum Gasteiger partial charge on any atom is -0.508 e. The second kappa shape index (κ2) is 6.75. The number of rotatable bonds is 2. The number of pyridine rings is 1. The quantitative estimate of drug-likeness (QED) is 0.499. The molecule has 2 heterocycles. The van der Waals surface area contributed by atoms with Crippen LogP contribution in [0.25, 0.3) is 10.9 Å². The molecule has 0 saturated heterocycles. The molecule has 136 valence electrons. The van der Waals surface area contributed by atoms with E-state index in [0.717, 1.165) is 11.3 Å². The molecule has 1 aromatic heterocycles. The third kappa shape index (κ3) is 3.31. The van der Waals surface area contributed by atoms with Gasteiger partial charge < -0.3 is 10.8 Å². The number of hydrogen-bond acceptors (Lipinski definition) is 4. The van der Waals surface area contributed by atoms with Crippen LogP contribution in [0.5, 0.6) is 5.75 Å². The third-order valence-electron chi connectivity index (χ3n) is 4.45. The molecule has 1 atom stereocenters. The highest BCUT2D eigenvalue weighted by molar-refractivity contribution is 7.80. The Balaban J connectivity index is 1.77. The third-order valence-corrected chi connectivity index (χ3v) is 4.94. The summed E-state index contributed by atoms with van der Waals surface area (Å²) in [7, 11) is 0. The first-order valence-electron chi connectivity index (χ1n) is 8.13. The molecular formula is C19H14ClFN4OS. The average Bonchev–Trinajstić information content (AvgIpc) is 3.07. The van der Waals surface area contributed by atoms with Crippen LogP contribution < -0.4 is 5.73 Å². The van der Waals surface area contributed by atoms with Crippen molar-refractivity contribution in [2.45, 2.75) is 12.5 Å². The molecule has 4 rings (SSSR count). The molecule has 3 aromatic rings. The summed E-state index contributed by atoms with van der Waals surface area (Å²) in [5, 5.41) is 16.6. The lowest BCUT2D eigenvalue weighted by Crippen LogP contribution is -2.31. The number of nitrogens with two attached hydrogens (primary N) is 1. The van der Waals surface area contributed by atoms with Gasteiger partial charge in [-0.05, 0) is 66.3 Å². The van der Waals surface area contributed by atoms with Crippen molar-refractivity contribution in [3.05, 3.63) is 70.6 Å². The maximum atomic E-state index is 13.6. The normalized spacial score (nSPS) is 16.6. The summed E-state index contributed by atoms with van der Waals surface area (Å²) in [4.78, 5) is 4.37. The maximum Gasteiger partial charge on any atom is 0.187 e. The highest BCUT2D eigenvalue weighted by Gasteiger charge is 2.32. The molecule has 0 spiro atoms. The van der Waals surface area contributed by atoms with Crippen molar-refractivity contribution in [3.8, 4) is 5.75 Å². The summed E-state index contributed by atoms with van der Waals surface area (Å²) in [5.74, 6) is -0.180. The predicted octanol–water partition coefficient (Wildman–Crippen LogP) is 4.13. The van der Waals surface area contributed by atoms with Crippen LogP contribution in [0.2, 0.25) is 5.15 Å². The molecule has 0 radical (unpaired) electrons. The van der Waals surface area contributed by atoms with Gasteiger partial charge in [-0.2, -0.15) is 5.10 Å². The fraction of sp³-hybridized carbons (Fsp3) is 0.105. The molecule has 8 heteroatoms. The average molecular weight is 401 g/mol. The summed E-state index contributed by atoms with van der Waals surface area (Å²) in [6.45, 7) is 0. The number of nitrogens with zero attached hydrogens (tertiary/aromatic N) is 3. The van der Waals surface area contributed by atoms with E-state index in [1.165, 1.54) is 17.1 Å². The van der Waals surface area contributed by atoms with Crippen LogP contribution in [-0.2, 0) is 0 Å². The minimum atomic E-state index is -0.351. The van der Waals surface area contributed by atoms with Crippen molar-refractivity contribution >= 4 is 45.5 Å². The number of aromatic hydroxyl groups is 1. The highest BCUT2D eigenvalue weighted by atomic mass is 35.5. The Kier molecular flexibility index (Phi) is 4.41. The van der Waals surface area contributed by atoms with Gasteiger partial charge in [0.15, 0.2) is 5.11 Å². The molecule has 1 unspecified atom stereocenters. The fourth-order valence-electron chi connectivity index (χ4n) is 3.16. The van der Waals surface area contributed by atoms with Crippen LogP contribution in [0.3, 0.4) is 0 Å². The Morgan fingerprint density at radius 3 is 2.67 bits per heavy atom. The van der Waals surface area contributed by atoms with E-state index < -0.39 is 0 Å². The van der Waals surface area contributed by atoms with Crippen molar-refractivity contribution in [3.63, 3.8) is 0 Å². The molecule has 1 aliphatic rings. The number of fused-ring (bicyclic) bond motifs is 1. The number of benzene rings is 2. The molecule has 0 bridgehead atoms. The Morgan fingerprint density at radius 2 is 1.96 bits per heavy atom. The highest BCUT2D eigenvalue weighted by Crippen LogP contribution is 2.37. The monoisotopic (exact) mass is 400 g/mol. The second-order valence-corrected chi connectivity index (χ2v) is 6.98. The van der Waals surface area contributed by atoms with Gasteiger partial charge >= 0.3 is 0 Å². The molecule has 1 aliphatic heterocycles. The molecule has 0 amide bonds. The summed E-state index contributed by atoms with van der Waals surface area (Å²) < 4.78 is 13.6. The molecule has 27 heavy (non-hydrogen) atoms. The van der Waals surface area contributed by atoms with Crippen molar-refractivity contribution < 1.29 is 9.50 Å². The predicted molar refractivity (Wildman–Crippen MR) is 107 cm³/mol. The van der Waals surface area contributed by atoms with Crippen molar-refractivity contribution in [2.24, 2.45) is 10.8 Å². The Hall–Kier alpha value is -2.77. The van der Waals surface area contributed by atoms with Gasteiger partial charge in [-0.1, -0.05) is 11.6 Å². The van der Waals surface area contributed by atoms with E-state index in [0.29, 0.717) is 28.0 Å². The molecule has 3 N–H and O–H groups in total. The molecule has 0 fully saturated rings. The lowest BCUT2D eigenvalue weighted by atomic mass is 9.98. The summed E-state index contributed by atoms with van der Waals surface area (Å²) in [5.41, 5.74) is 8.73. The Bertz CT molecular complexity index is 1090. The van der Waals surface area contributed by atoms with Gasteiger partial charge in [-0.15, -0.1) is 0 Å². The summed E-state index contributed by atoms with van der Waals surface area (Å²) >= 11 is 11.6. The zero-order chi connectivity index (χ0) is 19.1. The first kappa shape index (κ1) is 17.6. The van der Waals surface area contributed by atoms with Crippen LogP contribution in [0.1, 0.15) is 23.6 Å². The van der Waals surface area contributed by atoms with Gasteiger partial charge in [0.1, 0.15) is 16.7 Å². The Labute approximate surface area is 164 Å². The van der Waals surface area contributed by atoms with Crippen LogP contribution in [-0.4, -0.2) is 25.9 Å². The molecule has 5 nitrogen and oxygen atoms in total. The number of halogens is 2. The van der Waals surface area contributed by atoms with Crippen LogP contribution in [0.15, 0.2) is 53.6 Å². The van der Waals surface area contributed by atoms with E-state index in [1.54, 1.807) is 36.4 Å². The second-order valence-electron chi connectivity index (χ2n) is 6.20. The summed E-state index contributed by atoms with van der Waals surface area (Å²) in [6.07, 6.45) is 0.490. The summed E-state index contributed by atoms with van der Waals surface area (Å²) in [6, 6.07) is 12.5. The van der Waals surface area contributed by atoms with E-state index in [1.807, 2.05) is 0 Å². The topological polar surface area (TPSA) is 74.7 Å². The van der Waals surface area contributed by atoms with E-state index in [2.05, 4.69) is 10.1 Å². The van der Waals surface area contributed by atoms with Gasteiger partial charge in [0.25, 0.3) is 0 Å². The number of thiocarbonyl (C=S) groups is 1. The van der Waals surface area contributed by atoms with E-state index in [4.69, 9.17) is 29.6 Å². The largest absolute Gasteiger partial charge is 0.508 e. The van der Waals surface area contributed by atoms with Crippen LogP contribution >= 0.6 is 23.8 Å². The number of phenolic OH excluding ortho intramolecular Hbond substituents is 1. The van der Waals surface area contributed by atoms with Crippen LogP contribution in [0.4, 0.5) is 4.39 Å². The molecule has 0 aliphatic carbocycles. The minimum absolute atomic E-state index is 0.101. The van der Waals surface area contributed by atoms with Gasteiger partial charge in [0, 0.05) is 17.4 Å². The SMILES string of the molecule is NC(=S)N1N=C(c2ccc(O)cc2)CC1c1cc2cc(F)ccc2nc1Cl. The first-order valence-corrected chi connectivity index (χ1v) is 8.92. The van der Waals surface area contributed by atoms with E-state index in [-0.39, 0.29) is 22.7 Å². The van der Waals surface area contributed by atoms with E-state index >= 15 is 0 Å². The lowest BCUT2D eigenvalue weighted by molar-refractivity contribution is 0.372. The lowest BCUT2D eigenvalue weighted by Gasteiger charge is -2.22. The number of hydrazone groups is 1. The Morgan fingerprint density at radius 1 is 1.22 bits per heavy atom.